The van der Waals surface area contributed by atoms with Crippen LogP contribution in [0.25, 0.3) is 0 Å². The van der Waals surface area contributed by atoms with Crippen molar-refractivity contribution in [2.45, 2.75) is 0 Å². The highest BCUT2D eigenvalue weighted by Gasteiger charge is 2.08. The van der Waals surface area contributed by atoms with Crippen molar-refractivity contribution in [1.82, 2.24) is 0 Å². The lowest BCUT2D eigenvalue weighted by Gasteiger charge is -2.01. The molecule has 0 aliphatic heterocycles. The highest BCUT2D eigenvalue weighted by molar-refractivity contribution is 5.99. The molecule has 1 aromatic carbocycles. The lowest BCUT2D eigenvalue weighted by molar-refractivity contribution is 0.0600. The second-order valence-electron chi connectivity index (χ2n) is 2.36. The van der Waals surface area contributed by atoms with Crippen molar-refractivity contribution in [2.24, 2.45) is 10.9 Å². The summed E-state index contributed by atoms with van der Waals surface area (Å²) in [5.41, 5.74) is 1.11. The number of ether oxygens (including phenoxy) is 1. The van der Waals surface area contributed by atoms with E-state index in [4.69, 9.17) is 5.84 Å². The molecule has 0 radical (unpaired) electrons. The number of hydrogen-bond donors (Lipinski definition) is 1. The van der Waals surface area contributed by atoms with E-state index in [1.165, 1.54) is 13.3 Å². The molecule has 0 aliphatic rings. The molecule has 1 aromatic rings. The van der Waals surface area contributed by atoms with Gasteiger partial charge in [-0.15, -0.1) is 0 Å². The van der Waals surface area contributed by atoms with Crippen LogP contribution in [0.4, 0.5) is 0 Å². The average molecular weight is 178 g/mol. The number of rotatable bonds is 2. The van der Waals surface area contributed by atoms with E-state index in [1.54, 1.807) is 24.3 Å². The predicted octanol–water partition coefficient (Wildman–Crippen LogP) is 0.766. The normalized spacial score (nSPS) is 10.2. The van der Waals surface area contributed by atoms with Crippen molar-refractivity contribution in [1.29, 1.82) is 0 Å². The Balaban J connectivity index is 3.11. The number of hydrogen-bond acceptors (Lipinski definition) is 4. The van der Waals surface area contributed by atoms with Gasteiger partial charge in [0.2, 0.25) is 0 Å². The number of carbonyl (C=O) groups is 1. The first-order valence-electron chi connectivity index (χ1n) is 3.70. The van der Waals surface area contributed by atoms with Gasteiger partial charge >= 0.3 is 5.97 Å². The summed E-state index contributed by atoms with van der Waals surface area (Å²) in [5.74, 6) is 4.60. The first-order chi connectivity index (χ1) is 6.29. The van der Waals surface area contributed by atoms with Crippen LogP contribution in [0.15, 0.2) is 29.4 Å². The van der Waals surface area contributed by atoms with Crippen LogP contribution in [0.5, 0.6) is 0 Å². The van der Waals surface area contributed by atoms with Crippen molar-refractivity contribution in [3.63, 3.8) is 0 Å². The summed E-state index contributed by atoms with van der Waals surface area (Å²) in [5, 5.41) is 3.35. The summed E-state index contributed by atoms with van der Waals surface area (Å²) in [7, 11) is 1.33. The van der Waals surface area contributed by atoms with E-state index in [1.807, 2.05) is 0 Å². The fourth-order valence-electron chi connectivity index (χ4n) is 0.986. The van der Waals surface area contributed by atoms with Gasteiger partial charge in [-0.25, -0.2) is 4.79 Å². The maximum Gasteiger partial charge on any atom is 0.338 e. The maximum atomic E-state index is 11.2. The Kier molecular flexibility index (Phi) is 3.03. The molecule has 4 heteroatoms. The summed E-state index contributed by atoms with van der Waals surface area (Å²) in [4.78, 5) is 11.2. The van der Waals surface area contributed by atoms with Crippen molar-refractivity contribution < 1.29 is 9.53 Å². The van der Waals surface area contributed by atoms with E-state index in [0.717, 1.165) is 0 Å². The molecule has 1 rings (SSSR count). The second-order valence-corrected chi connectivity index (χ2v) is 2.36. The van der Waals surface area contributed by atoms with Crippen molar-refractivity contribution in [3.8, 4) is 0 Å². The first-order valence-corrected chi connectivity index (χ1v) is 3.70. The van der Waals surface area contributed by atoms with Gasteiger partial charge in [0.15, 0.2) is 0 Å². The van der Waals surface area contributed by atoms with Crippen LogP contribution in [0, 0.1) is 0 Å². The topological polar surface area (TPSA) is 64.7 Å². The Morgan fingerprint density at radius 2 is 2.23 bits per heavy atom. The third-order valence-corrected chi connectivity index (χ3v) is 1.58. The Morgan fingerprint density at radius 1 is 1.54 bits per heavy atom. The molecule has 0 aromatic heterocycles. The van der Waals surface area contributed by atoms with E-state index >= 15 is 0 Å². The van der Waals surface area contributed by atoms with Gasteiger partial charge < -0.3 is 10.6 Å². The van der Waals surface area contributed by atoms with Gasteiger partial charge in [-0.3, -0.25) is 0 Å². The standard InChI is InChI=1S/C9H10N2O2/c1-13-9(12)8-5-3-2-4-7(8)6-11-10/h2-6H,10H2,1H3. The highest BCUT2D eigenvalue weighted by Crippen LogP contribution is 2.07. The van der Waals surface area contributed by atoms with Crippen LogP contribution in [0.2, 0.25) is 0 Å². The third-order valence-electron chi connectivity index (χ3n) is 1.58. The SMILES string of the molecule is COC(=O)c1ccccc1C=NN. The third kappa shape index (κ3) is 2.05. The molecule has 0 fully saturated rings. The summed E-state index contributed by atoms with van der Waals surface area (Å²) in [6.07, 6.45) is 1.41. The van der Waals surface area contributed by atoms with E-state index in [0.29, 0.717) is 11.1 Å². The molecule has 0 aliphatic carbocycles. The predicted molar refractivity (Wildman–Crippen MR) is 49.6 cm³/mol. The second kappa shape index (κ2) is 4.25. The Bertz CT molecular complexity index is 334. The van der Waals surface area contributed by atoms with Gasteiger partial charge in [0, 0.05) is 5.56 Å². The molecule has 2 N–H and O–H groups in total. The average Bonchev–Trinajstić information content (AvgIpc) is 2.18. The Hall–Kier alpha value is -1.84. The zero-order valence-corrected chi connectivity index (χ0v) is 7.23. The minimum atomic E-state index is -0.393. The lowest BCUT2D eigenvalue weighted by atomic mass is 10.1. The molecule has 0 unspecified atom stereocenters. The zero-order valence-electron chi connectivity index (χ0n) is 7.23. The van der Waals surface area contributed by atoms with Crippen LogP contribution in [0.1, 0.15) is 15.9 Å². The molecule has 0 spiro atoms. The van der Waals surface area contributed by atoms with Crippen molar-refractivity contribution in [2.75, 3.05) is 7.11 Å². The molecule has 68 valence electrons. The molecule has 4 nitrogen and oxygen atoms in total. The molecule has 0 atom stereocenters. The summed E-state index contributed by atoms with van der Waals surface area (Å²) in [6.45, 7) is 0. The number of carbonyl (C=O) groups excluding carboxylic acids is 1. The highest BCUT2D eigenvalue weighted by atomic mass is 16.5. The fraction of sp³-hybridized carbons (Fsp3) is 0.111. The molecule has 0 amide bonds. The Labute approximate surface area is 76.0 Å². The van der Waals surface area contributed by atoms with Crippen LogP contribution in [-0.2, 0) is 4.74 Å². The van der Waals surface area contributed by atoms with Gasteiger partial charge in [-0.05, 0) is 6.07 Å². The van der Waals surface area contributed by atoms with Crippen LogP contribution >= 0.6 is 0 Å². The van der Waals surface area contributed by atoms with Crippen molar-refractivity contribution >= 4 is 12.2 Å². The van der Waals surface area contributed by atoms with E-state index < -0.39 is 5.97 Å². The number of hydrazone groups is 1. The van der Waals surface area contributed by atoms with Gasteiger partial charge in [-0.1, -0.05) is 18.2 Å². The molecular formula is C9H10N2O2. The van der Waals surface area contributed by atoms with Crippen LogP contribution in [-0.4, -0.2) is 19.3 Å². The number of nitrogens with zero attached hydrogens (tertiary/aromatic N) is 1. The minimum Gasteiger partial charge on any atom is -0.465 e. The summed E-state index contributed by atoms with van der Waals surface area (Å²) < 4.78 is 4.58. The maximum absolute atomic E-state index is 11.2. The number of nitrogens with two attached hydrogens (primary N) is 1. The van der Waals surface area contributed by atoms with Gasteiger partial charge in [-0.2, -0.15) is 5.10 Å². The number of esters is 1. The van der Waals surface area contributed by atoms with Gasteiger partial charge in [0.1, 0.15) is 0 Å². The zero-order chi connectivity index (χ0) is 9.68. The van der Waals surface area contributed by atoms with E-state index in [2.05, 4.69) is 9.84 Å². The van der Waals surface area contributed by atoms with E-state index in [-0.39, 0.29) is 0 Å². The molecule has 0 bridgehead atoms. The number of benzene rings is 1. The van der Waals surface area contributed by atoms with Crippen molar-refractivity contribution in [3.05, 3.63) is 35.4 Å². The molecule has 0 saturated heterocycles. The largest absolute Gasteiger partial charge is 0.465 e. The Morgan fingerprint density at radius 3 is 2.85 bits per heavy atom. The molecular weight excluding hydrogens is 168 g/mol. The molecule has 0 saturated carbocycles. The smallest absolute Gasteiger partial charge is 0.338 e. The minimum absolute atomic E-state index is 0.393. The van der Waals surface area contributed by atoms with Crippen LogP contribution in [0.3, 0.4) is 0 Å². The summed E-state index contributed by atoms with van der Waals surface area (Å²) >= 11 is 0. The fourth-order valence-corrected chi connectivity index (χ4v) is 0.986. The first kappa shape index (κ1) is 9.25. The van der Waals surface area contributed by atoms with E-state index in [9.17, 15) is 4.79 Å². The summed E-state index contributed by atoms with van der Waals surface area (Å²) in [6, 6.07) is 6.94. The number of methoxy groups -OCH3 is 1. The van der Waals surface area contributed by atoms with Gasteiger partial charge in [0.05, 0.1) is 18.9 Å². The molecule has 0 heterocycles. The van der Waals surface area contributed by atoms with Crippen LogP contribution < -0.4 is 5.84 Å². The van der Waals surface area contributed by atoms with Gasteiger partial charge in [0.25, 0.3) is 0 Å². The quantitative estimate of drug-likeness (QED) is 0.315. The molecule has 13 heavy (non-hydrogen) atoms. The monoisotopic (exact) mass is 178 g/mol. The lowest BCUT2D eigenvalue weighted by Crippen LogP contribution is -2.05.